The first kappa shape index (κ1) is 21.0. The van der Waals surface area contributed by atoms with Gasteiger partial charge in [0.1, 0.15) is 57.6 Å². The molecule has 0 amide bonds. The van der Waals surface area contributed by atoms with Gasteiger partial charge in [0.15, 0.2) is 17.3 Å². The topological polar surface area (TPSA) is 178 Å². The first-order valence-electron chi connectivity index (χ1n) is 9.94. The Balaban J connectivity index is 1.74. The number of carbonyl (C=O) groups excluding carboxylic acids is 1. The normalized spacial score (nSPS) is 15.2. The lowest BCUT2D eigenvalue weighted by Crippen LogP contribution is -2.21. The fourth-order valence-electron chi connectivity index (χ4n) is 4.05. The molecule has 10 nitrogen and oxygen atoms in total. The lowest BCUT2D eigenvalue weighted by atomic mass is 9.91. The van der Waals surface area contributed by atoms with Crippen LogP contribution in [-0.2, 0) is 0 Å². The molecule has 0 saturated heterocycles. The summed E-state index contributed by atoms with van der Waals surface area (Å²) in [4.78, 5) is 26.1. The summed E-state index contributed by atoms with van der Waals surface area (Å²) < 4.78 is 11.3. The van der Waals surface area contributed by atoms with E-state index in [1.165, 1.54) is 18.2 Å². The Hall–Kier alpha value is -4.86. The molecule has 0 bridgehead atoms. The Morgan fingerprint density at radius 3 is 2.24 bits per heavy atom. The lowest BCUT2D eigenvalue weighted by molar-refractivity contribution is 0.0845. The van der Waals surface area contributed by atoms with Crippen LogP contribution in [0.2, 0.25) is 0 Å². The molecule has 1 aromatic heterocycles. The Morgan fingerprint density at radius 2 is 1.50 bits per heavy atom. The van der Waals surface area contributed by atoms with Gasteiger partial charge in [0, 0.05) is 18.2 Å². The summed E-state index contributed by atoms with van der Waals surface area (Å²) in [5.41, 5.74) is -1.38. The second-order valence-corrected chi connectivity index (χ2v) is 7.79. The van der Waals surface area contributed by atoms with Crippen molar-refractivity contribution in [3.63, 3.8) is 0 Å². The van der Waals surface area contributed by atoms with Crippen LogP contribution < -0.4 is 10.2 Å². The molecule has 2 heterocycles. The van der Waals surface area contributed by atoms with Gasteiger partial charge in [-0.25, -0.2) is 0 Å². The van der Waals surface area contributed by atoms with E-state index in [2.05, 4.69) is 0 Å². The SMILES string of the molecule is O=C1C[C@@H](c2ccc(O)c(O)c2)Oc2c1c(O)cc(O)c2-c1coc2cc(O)cc(O)c2c1=O. The molecule has 6 N–H and O–H groups in total. The van der Waals surface area contributed by atoms with E-state index in [9.17, 15) is 40.2 Å². The Bertz CT molecular complexity index is 1570. The number of ether oxygens (including phenoxy) is 1. The number of benzene rings is 3. The van der Waals surface area contributed by atoms with E-state index >= 15 is 0 Å². The fraction of sp³-hybridized carbons (Fsp3) is 0.0833. The van der Waals surface area contributed by atoms with Crippen LogP contribution in [0.4, 0.5) is 0 Å². The average Bonchev–Trinajstić information content (AvgIpc) is 2.76. The summed E-state index contributed by atoms with van der Waals surface area (Å²) in [6.45, 7) is 0. The number of aromatic hydroxyl groups is 6. The summed E-state index contributed by atoms with van der Waals surface area (Å²) in [5, 5.41) is 59.9. The van der Waals surface area contributed by atoms with E-state index in [-0.39, 0.29) is 51.3 Å². The highest BCUT2D eigenvalue weighted by Crippen LogP contribution is 2.49. The van der Waals surface area contributed by atoms with Gasteiger partial charge >= 0.3 is 0 Å². The average molecular weight is 464 g/mol. The van der Waals surface area contributed by atoms with Crippen molar-refractivity contribution in [2.45, 2.75) is 12.5 Å². The second-order valence-electron chi connectivity index (χ2n) is 7.79. The molecule has 3 aromatic carbocycles. The maximum Gasteiger partial charge on any atom is 0.204 e. The van der Waals surface area contributed by atoms with Crippen LogP contribution in [0.1, 0.15) is 28.4 Å². The maximum atomic E-state index is 13.2. The number of ketones is 1. The zero-order chi connectivity index (χ0) is 24.3. The molecule has 0 fully saturated rings. The van der Waals surface area contributed by atoms with Crippen LogP contribution in [0.3, 0.4) is 0 Å². The summed E-state index contributed by atoms with van der Waals surface area (Å²) in [5.74, 6) is -3.72. The zero-order valence-corrected chi connectivity index (χ0v) is 17.1. The van der Waals surface area contributed by atoms with E-state index in [4.69, 9.17) is 9.15 Å². The van der Waals surface area contributed by atoms with E-state index in [1.54, 1.807) is 0 Å². The predicted octanol–water partition coefficient (Wildman–Crippen LogP) is 3.40. The first-order valence-corrected chi connectivity index (χ1v) is 9.94. The van der Waals surface area contributed by atoms with Crippen molar-refractivity contribution in [3.8, 4) is 51.4 Å². The molecule has 0 spiro atoms. The van der Waals surface area contributed by atoms with Crippen LogP contribution in [0.5, 0.6) is 40.2 Å². The summed E-state index contributed by atoms with van der Waals surface area (Å²) in [7, 11) is 0. The van der Waals surface area contributed by atoms with Gasteiger partial charge in [0.2, 0.25) is 5.43 Å². The minimum atomic E-state index is -0.982. The molecule has 1 aliphatic heterocycles. The highest BCUT2D eigenvalue weighted by molar-refractivity contribution is 6.06. The van der Waals surface area contributed by atoms with Gasteiger partial charge in [-0.3, -0.25) is 9.59 Å². The van der Waals surface area contributed by atoms with Gasteiger partial charge in [-0.05, 0) is 17.7 Å². The van der Waals surface area contributed by atoms with Crippen LogP contribution >= 0.6 is 0 Å². The molecule has 5 rings (SSSR count). The van der Waals surface area contributed by atoms with E-state index in [0.717, 1.165) is 24.5 Å². The summed E-state index contributed by atoms with van der Waals surface area (Å²) in [6.07, 6.45) is -0.245. The van der Waals surface area contributed by atoms with Crippen LogP contribution in [0.25, 0.3) is 22.1 Å². The molecule has 34 heavy (non-hydrogen) atoms. The molecular formula is C24H16O10. The summed E-state index contributed by atoms with van der Waals surface area (Å²) >= 11 is 0. The molecule has 0 saturated carbocycles. The zero-order valence-electron chi connectivity index (χ0n) is 17.1. The number of Topliss-reactive ketones (excluding diaryl/α,β-unsaturated/α-hetero) is 1. The molecule has 1 aliphatic rings. The third kappa shape index (κ3) is 3.12. The number of hydrogen-bond donors (Lipinski definition) is 6. The molecular weight excluding hydrogens is 448 g/mol. The van der Waals surface area contributed by atoms with Crippen molar-refractivity contribution in [2.75, 3.05) is 0 Å². The Labute approximate surface area is 189 Å². The third-order valence-electron chi connectivity index (χ3n) is 5.63. The van der Waals surface area contributed by atoms with Crippen LogP contribution in [0, 0.1) is 0 Å². The molecule has 1 atom stereocenters. The number of hydrogen-bond acceptors (Lipinski definition) is 10. The van der Waals surface area contributed by atoms with Crippen molar-refractivity contribution >= 4 is 16.8 Å². The van der Waals surface area contributed by atoms with Gasteiger partial charge in [0.05, 0.1) is 17.5 Å². The number of fused-ring (bicyclic) bond motifs is 2. The monoisotopic (exact) mass is 464 g/mol. The van der Waals surface area contributed by atoms with E-state index < -0.39 is 40.3 Å². The molecule has 0 unspecified atom stereocenters. The van der Waals surface area contributed by atoms with Crippen molar-refractivity contribution < 1.29 is 44.6 Å². The molecule has 172 valence electrons. The molecule has 0 radical (unpaired) electrons. The third-order valence-corrected chi connectivity index (χ3v) is 5.63. The van der Waals surface area contributed by atoms with E-state index in [1.807, 2.05) is 0 Å². The van der Waals surface area contributed by atoms with Crippen molar-refractivity contribution in [2.24, 2.45) is 0 Å². The van der Waals surface area contributed by atoms with Gasteiger partial charge in [-0.2, -0.15) is 0 Å². The second kappa shape index (κ2) is 7.34. The molecule has 4 aromatic rings. The lowest BCUT2D eigenvalue weighted by Gasteiger charge is -2.28. The Kier molecular flexibility index (Phi) is 4.54. The van der Waals surface area contributed by atoms with Gasteiger partial charge in [-0.15, -0.1) is 0 Å². The predicted molar refractivity (Wildman–Crippen MR) is 117 cm³/mol. The summed E-state index contributed by atoms with van der Waals surface area (Å²) in [6, 6.07) is 6.81. The van der Waals surface area contributed by atoms with Gasteiger partial charge in [0.25, 0.3) is 0 Å². The minimum absolute atomic E-state index is 0.118. The van der Waals surface area contributed by atoms with Crippen molar-refractivity contribution in [1.82, 2.24) is 0 Å². The van der Waals surface area contributed by atoms with Crippen molar-refractivity contribution in [1.29, 1.82) is 0 Å². The highest BCUT2D eigenvalue weighted by Gasteiger charge is 2.35. The first-order chi connectivity index (χ1) is 16.2. The van der Waals surface area contributed by atoms with Gasteiger partial charge in [-0.1, -0.05) is 6.07 Å². The van der Waals surface area contributed by atoms with Crippen LogP contribution in [0.15, 0.2) is 51.9 Å². The molecule has 0 aliphatic carbocycles. The Morgan fingerprint density at radius 1 is 0.765 bits per heavy atom. The number of phenolic OH excluding ortho intramolecular Hbond substituents is 6. The minimum Gasteiger partial charge on any atom is -0.508 e. The standard InChI is InChI=1S/C24H16O10/c25-10-4-14(28)22-19(5-10)33-8-11(23(22)32)20-15(29)6-16(30)21-17(31)7-18(34-24(20)21)9-1-2-12(26)13(27)3-9/h1-6,8,18,25-30H,7H2/t18-/m0/s1. The van der Waals surface area contributed by atoms with Crippen LogP contribution in [-0.4, -0.2) is 36.4 Å². The highest BCUT2D eigenvalue weighted by atomic mass is 16.5. The quantitative estimate of drug-likeness (QED) is 0.241. The van der Waals surface area contributed by atoms with E-state index in [0.29, 0.717) is 5.56 Å². The molecule has 10 heteroatoms. The van der Waals surface area contributed by atoms with Crippen molar-refractivity contribution in [3.05, 3.63) is 64.0 Å². The smallest absolute Gasteiger partial charge is 0.204 e. The number of rotatable bonds is 2. The fourth-order valence-corrected chi connectivity index (χ4v) is 4.05. The number of carbonyl (C=O) groups is 1. The number of phenols is 6. The van der Waals surface area contributed by atoms with Gasteiger partial charge < -0.3 is 39.8 Å². The maximum absolute atomic E-state index is 13.2. The largest absolute Gasteiger partial charge is 0.508 e.